The third kappa shape index (κ3) is 5.23. The highest BCUT2D eigenvalue weighted by molar-refractivity contribution is 6.29. The van der Waals surface area contributed by atoms with E-state index in [2.05, 4.69) is 15.6 Å². The summed E-state index contributed by atoms with van der Waals surface area (Å²) in [5.74, 6) is 0.347. The van der Waals surface area contributed by atoms with Crippen LogP contribution in [0.3, 0.4) is 0 Å². The minimum absolute atomic E-state index is 0.261. The molecule has 0 fully saturated rings. The van der Waals surface area contributed by atoms with E-state index < -0.39 is 5.91 Å². The van der Waals surface area contributed by atoms with Crippen LogP contribution in [0.5, 0.6) is 5.75 Å². The average Bonchev–Trinajstić information content (AvgIpc) is 2.72. The van der Waals surface area contributed by atoms with E-state index in [1.54, 1.807) is 25.3 Å². The van der Waals surface area contributed by atoms with Gasteiger partial charge in [0, 0.05) is 12.2 Å². The number of hydrogen-bond donors (Lipinski definition) is 2. The van der Waals surface area contributed by atoms with E-state index in [1.807, 2.05) is 31.2 Å². The maximum atomic E-state index is 14.0. The summed E-state index contributed by atoms with van der Waals surface area (Å²) in [6.07, 6.45) is 0.584. The molecule has 0 radical (unpaired) electrons. The number of pyridine rings is 1. The summed E-state index contributed by atoms with van der Waals surface area (Å²) in [4.78, 5) is 17.0. The number of aryl methyl sites for hydroxylation is 1. The first-order valence-electron chi connectivity index (χ1n) is 9.13. The van der Waals surface area contributed by atoms with Crippen molar-refractivity contribution >= 4 is 29.0 Å². The second-order valence-corrected chi connectivity index (χ2v) is 6.73. The lowest BCUT2D eigenvalue weighted by Crippen LogP contribution is -2.16. The number of benzene rings is 2. The van der Waals surface area contributed by atoms with Gasteiger partial charge in [-0.1, -0.05) is 36.7 Å². The van der Waals surface area contributed by atoms with Gasteiger partial charge in [-0.2, -0.15) is 0 Å². The summed E-state index contributed by atoms with van der Waals surface area (Å²) in [5, 5.41) is 6.10. The Kier molecular flexibility index (Phi) is 6.67. The van der Waals surface area contributed by atoms with Crippen LogP contribution in [-0.2, 0) is 13.0 Å². The summed E-state index contributed by atoms with van der Waals surface area (Å²) in [5.41, 5.74) is 2.26. The second kappa shape index (κ2) is 9.39. The standard InChI is InChI=1S/C22H21ClFN3O2/c1-3-15-6-7-16(12-19(15)24)26-22(28)18-10-11-20(23)27-21(18)25-13-14-4-8-17(29-2)9-5-14/h4-12H,3,13H2,1-2H3,(H,25,27)(H,26,28). The molecule has 0 spiro atoms. The summed E-state index contributed by atoms with van der Waals surface area (Å²) >= 11 is 6.01. The molecule has 3 aromatic rings. The lowest BCUT2D eigenvalue weighted by Gasteiger charge is -2.13. The number of nitrogens with one attached hydrogen (secondary N) is 2. The monoisotopic (exact) mass is 413 g/mol. The quantitative estimate of drug-likeness (QED) is 0.515. The third-order valence-corrected chi connectivity index (χ3v) is 4.63. The Bertz CT molecular complexity index is 1010. The Labute approximate surface area is 173 Å². The smallest absolute Gasteiger partial charge is 0.259 e. The minimum Gasteiger partial charge on any atom is -0.497 e. The molecule has 0 atom stereocenters. The number of ether oxygens (including phenoxy) is 1. The van der Waals surface area contributed by atoms with Crippen molar-refractivity contribution in [3.63, 3.8) is 0 Å². The number of aromatic nitrogens is 1. The molecule has 3 rings (SSSR count). The molecule has 0 bridgehead atoms. The number of carbonyl (C=O) groups excluding carboxylic acids is 1. The highest BCUT2D eigenvalue weighted by Gasteiger charge is 2.15. The van der Waals surface area contributed by atoms with Crippen molar-refractivity contribution < 1.29 is 13.9 Å². The zero-order chi connectivity index (χ0) is 20.8. The molecule has 2 aromatic carbocycles. The molecule has 0 aliphatic rings. The number of hydrogen-bond acceptors (Lipinski definition) is 4. The highest BCUT2D eigenvalue weighted by Crippen LogP contribution is 2.21. The van der Waals surface area contributed by atoms with Gasteiger partial charge >= 0.3 is 0 Å². The fourth-order valence-corrected chi connectivity index (χ4v) is 2.94. The van der Waals surface area contributed by atoms with Crippen LogP contribution in [-0.4, -0.2) is 18.0 Å². The van der Waals surface area contributed by atoms with Crippen LogP contribution in [0.2, 0.25) is 5.15 Å². The van der Waals surface area contributed by atoms with Gasteiger partial charge in [0.2, 0.25) is 0 Å². The summed E-state index contributed by atoms with van der Waals surface area (Å²) in [6.45, 7) is 2.31. The number of anilines is 2. The van der Waals surface area contributed by atoms with Crippen LogP contribution in [0.15, 0.2) is 54.6 Å². The Morgan fingerprint density at radius 2 is 1.90 bits per heavy atom. The maximum absolute atomic E-state index is 14.0. The third-order valence-electron chi connectivity index (χ3n) is 4.42. The first-order valence-corrected chi connectivity index (χ1v) is 9.51. The SMILES string of the molecule is CCc1ccc(NC(=O)c2ccc(Cl)nc2NCc2ccc(OC)cc2)cc1F. The van der Waals surface area contributed by atoms with Crippen molar-refractivity contribution in [1.29, 1.82) is 0 Å². The number of carbonyl (C=O) groups is 1. The molecule has 7 heteroatoms. The molecule has 5 nitrogen and oxygen atoms in total. The molecular formula is C22H21ClFN3O2. The predicted octanol–water partition coefficient (Wildman–Crippen LogP) is 5.31. The van der Waals surface area contributed by atoms with Crippen LogP contribution in [0.4, 0.5) is 15.9 Å². The number of methoxy groups -OCH3 is 1. The molecule has 0 saturated carbocycles. The number of halogens is 2. The first-order chi connectivity index (χ1) is 14.0. The first kappa shape index (κ1) is 20.6. The normalized spacial score (nSPS) is 10.5. The highest BCUT2D eigenvalue weighted by atomic mass is 35.5. The van der Waals surface area contributed by atoms with Gasteiger partial charge in [-0.15, -0.1) is 0 Å². The fraction of sp³-hybridized carbons (Fsp3) is 0.182. The van der Waals surface area contributed by atoms with E-state index >= 15 is 0 Å². The van der Waals surface area contributed by atoms with Gasteiger partial charge in [-0.3, -0.25) is 4.79 Å². The van der Waals surface area contributed by atoms with Gasteiger partial charge in [-0.05, 0) is 53.9 Å². The van der Waals surface area contributed by atoms with Gasteiger partial charge in [0.15, 0.2) is 0 Å². The van der Waals surface area contributed by atoms with Crippen LogP contribution in [0, 0.1) is 5.82 Å². The van der Waals surface area contributed by atoms with E-state index in [-0.39, 0.29) is 11.0 Å². The topological polar surface area (TPSA) is 63.2 Å². The lowest BCUT2D eigenvalue weighted by molar-refractivity contribution is 0.102. The van der Waals surface area contributed by atoms with Crippen LogP contribution in [0.1, 0.15) is 28.4 Å². The minimum atomic E-state index is -0.407. The Balaban J connectivity index is 1.76. The van der Waals surface area contributed by atoms with Crippen molar-refractivity contribution in [2.24, 2.45) is 0 Å². The molecule has 0 aliphatic carbocycles. The van der Waals surface area contributed by atoms with E-state index in [0.717, 1.165) is 11.3 Å². The van der Waals surface area contributed by atoms with Gasteiger partial charge in [0.1, 0.15) is 22.5 Å². The van der Waals surface area contributed by atoms with Gasteiger partial charge in [0.25, 0.3) is 5.91 Å². The fourth-order valence-electron chi connectivity index (χ4n) is 2.79. The van der Waals surface area contributed by atoms with Crippen molar-refractivity contribution in [2.75, 3.05) is 17.7 Å². The average molecular weight is 414 g/mol. The molecule has 0 unspecified atom stereocenters. The number of rotatable bonds is 7. The lowest BCUT2D eigenvalue weighted by atomic mass is 10.1. The summed E-state index contributed by atoms with van der Waals surface area (Å²) < 4.78 is 19.1. The Morgan fingerprint density at radius 1 is 1.14 bits per heavy atom. The molecule has 29 heavy (non-hydrogen) atoms. The van der Waals surface area contributed by atoms with Crippen molar-refractivity contribution in [1.82, 2.24) is 4.98 Å². The van der Waals surface area contributed by atoms with Crippen molar-refractivity contribution in [3.8, 4) is 5.75 Å². The van der Waals surface area contributed by atoms with Crippen LogP contribution in [0.25, 0.3) is 0 Å². The predicted molar refractivity (Wildman–Crippen MR) is 113 cm³/mol. The number of amides is 1. The number of nitrogens with zero attached hydrogens (tertiary/aromatic N) is 1. The molecule has 0 saturated heterocycles. The second-order valence-electron chi connectivity index (χ2n) is 6.35. The molecule has 1 amide bonds. The van der Waals surface area contributed by atoms with Crippen LogP contribution >= 0.6 is 11.6 Å². The van der Waals surface area contributed by atoms with E-state index in [1.165, 1.54) is 12.1 Å². The zero-order valence-corrected chi connectivity index (χ0v) is 16.9. The Hall–Kier alpha value is -3.12. The van der Waals surface area contributed by atoms with Crippen LogP contribution < -0.4 is 15.4 Å². The molecule has 150 valence electrons. The summed E-state index contributed by atoms with van der Waals surface area (Å²) in [6, 6.07) is 15.3. The maximum Gasteiger partial charge on any atom is 0.259 e. The molecule has 1 heterocycles. The van der Waals surface area contributed by atoms with Crippen molar-refractivity contribution in [2.45, 2.75) is 19.9 Å². The molecule has 1 aromatic heterocycles. The van der Waals surface area contributed by atoms with E-state index in [9.17, 15) is 9.18 Å². The van der Waals surface area contributed by atoms with Gasteiger partial charge in [-0.25, -0.2) is 9.37 Å². The molecule has 0 aliphatic heterocycles. The van der Waals surface area contributed by atoms with E-state index in [0.29, 0.717) is 35.6 Å². The molecular weight excluding hydrogens is 393 g/mol. The van der Waals surface area contributed by atoms with Gasteiger partial charge < -0.3 is 15.4 Å². The van der Waals surface area contributed by atoms with Crippen molar-refractivity contribution in [3.05, 3.63) is 82.3 Å². The summed E-state index contributed by atoms with van der Waals surface area (Å²) in [7, 11) is 1.61. The Morgan fingerprint density at radius 3 is 2.55 bits per heavy atom. The largest absolute Gasteiger partial charge is 0.497 e. The van der Waals surface area contributed by atoms with Gasteiger partial charge in [0.05, 0.1) is 12.7 Å². The zero-order valence-electron chi connectivity index (χ0n) is 16.1. The molecule has 2 N–H and O–H groups in total. The van der Waals surface area contributed by atoms with E-state index in [4.69, 9.17) is 16.3 Å².